The van der Waals surface area contributed by atoms with Gasteiger partial charge >= 0.3 is 6.03 Å². The van der Waals surface area contributed by atoms with Crippen molar-refractivity contribution in [3.8, 4) is 11.4 Å². The maximum absolute atomic E-state index is 13.7. The van der Waals surface area contributed by atoms with Gasteiger partial charge in [-0.1, -0.05) is 23.9 Å². The molecule has 120 valence electrons. The van der Waals surface area contributed by atoms with Crippen molar-refractivity contribution in [2.75, 3.05) is 13.1 Å². The zero-order valence-corrected chi connectivity index (χ0v) is 13.1. The predicted molar refractivity (Wildman–Crippen MR) is 82.2 cm³/mol. The van der Waals surface area contributed by atoms with Crippen molar-refractivity contribution in [2.45, 2.75) is 17.3 Å². The summed E-state index contributed by atoms with van der Waals surface area (Å²) in [7, 11) is 0. The Bertz CT molecular complexity index is 750. The van der Waals surface area contributed by atoms with Crippen LogP contribution in [0.2, 0.25) is 0 Å². The van der Waals surface area contributed by atoms with Gasteiger partial charge in [-0.3, -0.25) is 14.8 Å². The number of benzene rings is 1. The molecule has 0 saturated carbocycles. The molecule has 0 aliphatic carbocycles. The van der Waals surface area contributed by atoms with Gasteiger partial charge in [0, 0.05) is 13.1 Å². The Kier molecular flexibility index (Phi) is 4.28. The van der Waals surface area contributed by atoms with Crippen molar-refractivity contribution < 1.29 is 14.0 Å². The van der Waals surface area contributed by atoms with Crippen molar-refractivity contribution in [1.82, 2.24) is 25.4 Å². The van der Waals surface area contributed by atoms with Gasteiger partial charge in [-0.25, -0.2) is 14.2 Å². The van der Waals surface area contributed by atoms with E-state index in [1.54, 1.807) is 25.1 Å². The van der Waals surface area contributed by atoms with Gasteiger partial charge in [-0.15, -0.1) is 5.10 Å². The number of aromatic nitrogens is 3. The lowest BCUT2D eigenvalue weighted by atomic mass is 10.2. The fraction of sp³-hybridized carbons (Fsp3) is 0.286. The highest BCUT2D eigenvalue weighted by Crippen LogP contribution is 2.25. The minimum atomic E-state index is -0.525. The molecule has 3 amide bonds. The molecule has 1 aliphatic heterocycles. The van der Waals surface area contributed by atoms with Crippen LogP contribution < -0.4 is 5.32 Å². The van der Waals surface area contributed by atoms with Crippen molar-refractivity contribution >= 4 is 23.7 Å². The molecule has 1 unspecified atom stereocenters. The van der Waals surface area contributed by atoms with E-state index in [4.69, 9.17) is 0 Å². The molecule has 7 nitrogen and oxygen atoms in total. The van der Waals surface area contributed by atoms with Crippen LogP contribution in [0.4, 0.5) is 9.18 Å². The molecule has 1 fully saturated rings. The first-order valence-electron chi connectivity index (χ1n) is 6.99. The number of hydrogen-bond donors (Lipinski definition) is 2. The third-order valence-electron chi connectivity index (χ3n) is 3.35. The quantitative estimate of drug-likeness (QED) is 0.829. The third kappa shape index (κ3) is 3.19. The van der Waals surface area contributed by atoms with Gasteiger partial charge in [-0.05, 0) is 19.1 Å². The van der Waals surface area contributed by atoms with E-state index in [1.807, 2.05) is 0 Å². The van der Waals surface area contributed by atoms with Gasteiger partial charge in [0.25, 0.3) is 0 Å². The van der Waals surface area contributed by atoms with Crippen LogP contribution in [-0.4, -0.2) is 50.4 Å². The van der Waals surface area contributed by atoms with Crippen LogP contribution >= 0.6 is 11.8 Å². The normalized spacial score (nSPS) is 15.6. The number of rotatable bonds is 4. The standard InChI is InChI=1S/C14H14FN5O2S/c1-8(12(21)20-7-6-16-14(20)22)23-13-17-11(18-19-13)9-4-2-3-5-10(9)15/h2-5,8H,6-7H2,1H3,(H,16,22)(H,17,18,19). The van der Waals surface area contributed by atoms with Gasteiger partial charge in [0.05, 0.1) is 10.8 Å². The lowest BCUT2D eigenvalue weighted by Crippen LogP contribution is -2.38. The highest BCUT2D eigenvalue weighted by molar-refractivity contribution is 8.00. The van der Waals surface area contributed by atoms with E-state index in [2.05, 4.69) is 20.5 Å². The van der Waals surface area contributed by atoms with Crippen molar-refractivity contribution in [1.29, 1.82) is 0 Å². The second-order valence-electron chi connectivity index (χ2n) is 4.93. The molecule has 9 heteroatoms. The molecule has 2 aromatic rings. The summed E-state index contributed by atoms with van der Waals surface area (Å²) in [5.74, 6) is -0.413. The zero-order valence-electron chi connectivity index (χ0n) is 12.2. The fourth-order valence-electron chi connectivity index (χ4n) is 2.18. The van der Waals surface area contributed by atoms with Crippen molar-refractivity contribution in [3.63, 3.8) is 0 Å². The minimum absolute atomic E-state index is 0.296. The lowest BCUT2D eigenvalue weighted by molar-refractivity contribution is -0.126. The number of H-pyrrole nitrogens is 1. The average molecular weight is 335 g/mol. The topological polar surface area (TPSA) is 91.0 Å². The summed E-state index contributed by atoms with van der Waals surface area (Å²) >= 11 is 1.11. The number of imide groups is 1. The summed E-state index contributed by atoms with van der Waals surface area (Å²) in [5, 5.41) is 9.03. The number of carbonyl (C=O) groups excluding carboxylic acids is 2. The maximum atomic E-state index is 13.7. The molecule has 2 N–H and O–H groups in total. The van der Waals surface area contributed by atoms with E-state index in [-0.39, 0.29) is 11.9 Å². The van der Waals surface area contributed by atoms with Crippen LogP contribution in [0, 0.1) is 5.82 Å². The van der Waals surface area contributed by atoms with E-state index in [1.165, 1.54) is 11.0 Å². The number of aromatic amines is 1. The molecule has 1 aromatic carbocycles. The summed E-state index contributed by atoms with van der Waals surface area (Å²) in [5.41, 5.74) is 0.310. The molecule has 0 bridgehead atoms. The largest absolute Gasteiger partial charge is 0.336 e. The highest BCUT2D eigenvalue weighted by Gasteiger charge is 2.30. The van der Waals surface area contributed by atoms with Gasteiger partial charge in [0.2, 0.25) is 11.1 Å². The van der Waals surface area contributed by atoms with E-state index in [9.17, 15) is 14.0 Å². The molecule has 0 spiro atoms. The van der Waals surface area contributed by atoms with Crippen LogP contribution in [0.15, 0.2) is 29.4 Å². The lowest BCUT2D eigenvalue weighted by Gasteiger charge is -2.15. The molecule has 1 atom stereocenters. The van der Waals surface area contributed by atoms with E-state index in [0.717, 1.165) is 11.8 Å². The zero-order chi connectivity index (χ0) is 16.4. The van der Waals surface area contributed by atoms with E-state index < -0.39 is 11.1 Å². The molecule has 2 heterocycles. The van der Waals surface area contributed by atoms with Gasteiger partial charge in [-0.2, -0.15) is 0 Å². The van der Waals surface area contributed by atoms with Gasteiger partial charge < -0.3 is 5.32 Å². The predicted octanol–water partition coefficient (Wildman–Crippen LogP) is 1.64. The van der Waals surface area contributed by atoms with Crippen LogP contribution in [0.25, 0.3) is 11.4 Å². The highest BCUT2D eigenvalue weighted by atomic mass is 32.2. The Morgan fingerprint density at radius 3 is 2.91 bits per heavy atom. The fourth-order valence-corrected chi connectivity index (χ4v) is 2.97. The number of carbonyl (C=O) groups is 2. The summed E-state index contributed by atoms with van der Waals surface area (Å²) in [6, 6.07) is 5.83. The molecule has 3 rings (SSSR count). The number of hydrogen-bond acceptors (Lipinski definition) is 5. The molecular weight excluding hydrogens is 321 g/mol. The summed E-state index contributed by atoms with van der Waals surface area (Å²) in [6.07, 6.45) is 0. The Balaban J connectivity index is 1.70. The monoisotopic (exact) mass is 335 g/mol. The molecule has 1 saturated heterocycles. The van der Waals surface area contributed by atoms with Crippen LogP contribution in [-0.2, 0) is 4.79 Å². The first-order valence-corrected chi connectivity index (χ1v) is 7.87. The number of amides is 3. The first kappa shape index (κ1) is 15.5. The Morgan fingerprint density at radius 1 is 1.43 bits per heavy atom. The molecule has 1 aliphatic rings. The first-order chi connectivity index (χ1) is 11.1. The Morgan fingerprint density at radius 2 is 2.22 bits per heavy atom. The molecule has 1 aromatic heterocycles. The number of nitrogens with zero attached hydrogens (tertiary/aromatic N) is 3. The Labute approximate surface area is 135 Å². The van der Waals surface area contributed by atoms with Gasteiger partial charge in [0.15, 0.2) is 5.82 Å². The summed E-state index contributed by atoms with van der Waals surface area (Å²) in [6.45, 7) is 2.49. The van der Waals surface area contributed by atoms with Crippen LogP contribution in [0.5, 0.6) is 0 Å². The summed E-state index contributed by atoms with van der Waals surface area (Å²) < 4.78 is 13.7. The number of halogens is 1. The average Bonchev–Trinajstić information content (AvgIpc) is 3.16. The smallest absolute Gasteiger partial charge is 0.324 e. The molecule has 0 radical (unpaired) electrons. The summed E-state index contributed by atoms with van der Waals surface area (Å²) in [4.78, 5) is 29.1. The number of thioether (sulfide) groups is 1. The van der Waals surface area contributed by atoms with E-state index in [0.29, 0.717) is 29.6 Å². The second kappa shape index (κ2) is 6.37. The van der Waals surface area contributed by atoms with E-state index >= 15 is 0 Å². The van der Waals surface area contributed by atoms with Crippen LogP contribution in [0.1, 0.15) is 6.92 Å². The number of urea groups is 1. The Hall–Kier alpha value is -2.42. The second-order valence-corrected chi connectivity index (χ2v) is 6.24. The SMILES string of the molecule is CC(Sc1n[nH]c(-c2ccccc2F)n1)C(=O)N1CCNC1=O. The molecular formula is C14H14FN5O2S. The minimum Gasteiger partial charge on any atom is -0.336 e. The van der Waals surface area contributed by atoms with Crippen LogP contribution in [0.3, 0.4) is 0 Å². The van der Waals surface area contributed by atoms with Gasteiger partial charge in [0.1, 0.15) is 5.82 Å². The number of nitrogens with one attached hydrogen (secondary N) is 2. The maximum Gasteiger partial charge on any atom is 0.324 e. The van der Waals surface area contributed by atoms with Crippen molar-refractivity contribution in [3.05, 3.63) is 30.1 Å². The third-order valence-corrected chi connectivity index (χ3v) is 4.30. The molecule has 23 heavy (non-hydrogen) atoms. The van der Waals surface area contributed by atoms with Crippen molar-refractivity contribution in [2.24, 2.45) is 0 Å².